The average molecular weight is 379 g/mol. The van der Waals surface area contributed by atoms with Gasteiger partial charge >= 0.3 is 0 Å². The van der Waals surface area contributed by atoms with E-state index in [2.05, 4.69) is 17.2 Å². The summed E-state index contributed by atoms with van der Waals surface area (Å²) in [4.78, 5) is 37.8. The van der Waals surface area contributed by atoms with Gasteiger partial charge in [0.1, 0.15) is 5.75 Å². The topological polar surface area (TPSA) is 87.7 Å². The van der Waals surface area contributed by atoms with Crippen molar-refractivity contribution in [2.75, 3.05) is 29.9 Å². The molecule has 1 aliphatic heterocycles. The Morgan fingerprint density at radius 1 is 1.18 bits per heavy atom. The Balaban J connectivity index is 1.62. The van der Waals surface area contributed by atoms with Crippen molar-refractivity contribution in [3.63, 3.8) is 0 Å². The molecule has 0 saturated heterocycles. The molecule has 2 aromatic carbocycles. The summed E-state index contributed by atoms with van der Waals surface area (Å²) in [6.07, 6.45) is 0. The second kappa shape index (κ2) is 8.39. The summed E-state index contributed by atoms with van der Waals surface area (Å²) < 4.78 is 5.48. The van der Waals surface area contributed by atoms with Crippen molar-refractivity contribution in [3.05, 3.63) is 66.2 Å². The predicted octanol–water partition coefficient (Wildman–Crippen LogP) is 2.36. The van der Waals surface area contributed by atoms with Crippen molar-refractivity contribution >= 4 is 29.1 Å². The Bertz CT molecular complexity index is 925. The van der Waals surface area contributed by atoms with Gasteiger partial charge < -0.3 is 20.3 Å². The van der Waals surface area contributed by atoms with Crippen LogP contribution in [-0.2, 0) is 9.59 Å². The van der Waals surface area contributed by atoms with E-state index in [-0.39, 0.29) is 30.9 Å². The zero-order valence-corrected chi connectivity index (χ0v) is 15.5. The average Bonchev–Trinajstić information content (AvgIpc) is 2.69. The number of ether oxygens (including phenoxy) is 1. The number of nitrogens with one attached hydrogen (secondary N) is 2. The number of benzene rings is 2. The van der Waals surface area contributed by atoms with Gasteiger partial charge in [-0.05, 0) is 31.2 Å². The third-order valence-corrected chi connectivity index (χ3v) is 4.06. The Hall–Kier alpha value is -3.61. The molecule has 0 saturated carbocycles. The first-order valence-electron chi connectivity index (χ1n) is 8.79. The van der Waals surface area contributed by atoms with Gasteiger partial charge in [0.05, 0.1) is 12.2 Å². The molecule has 0 radical (unpaired) electrons. The molecule has 1 aliphatic rings. The normalized spacial score (nSPS) is 12.6. The fourth-order valence-electron chi connectivity index (χ4n) is 2.78. The van der Waals surface area contributed by atoms with E-state index in [0.717, 1.165) is 5.57 Å². The Kier molecular flexibility index (Phi) is 5.74. The molecule has 0 aromatic heterocycles. The van der Waals surface area contributed by atoms with Crippen molar-refractivity contribution in [2.24, 2.45) is 0 Å². The van der Waals surface area contributed by atoms with E-state index in [1.165, 1.54) is 0 Å². The first kappa shape index (κ1) is 19.2. The third kappa shape index (κ3) is 4.56. The summed E-state index contributed by atoms with van der Waals surface area (Å²) in [7, 11) is 0. The van der Waals surface area contributed by atoms with Crippen LogP contribution in [0.25, 0.3) is 0 Å². The maximum Gasteiger partial charge on any atom is 0.265 e. The number of carbonyl (C=O) groups excluding carboxylic acids is 3. The molecule has 0 bridgehead atoms. The van der Waals surface area contributed by atoms with E-state index in [1.54, 1.807) is 47.4 Å². The van der Waals surface area contributed by atoms with E-state index >= 15 is 0 Å². The molecule has 0 atom stereocenters. The van der Waals surface area contributed by atoms with Gasteiger partial charge in [-0.25, -0.2) is 0 Å². The first-order valence-corrected chi connectivity index (χ1v) is 8.79. The number of rotatable bonds is 6. The van der Waals surface area contributed by atoms with E-state index in [0.29, 0.717) is 29.2 Å². The minimum absolute atomic E-state index is 0.0647. The van der Waals surface area contributed by atoms with Crippen molar-refractivity contribution in [2.45, 2.75) is 6.92 Å². The van der Waals surface area contributed by atoms with Gasteiger partial charge in [-0.3, -0.25) is 14.4 Å². The highest BCUT2D eigenvalue weighted by Crippen LogP contribution is 2.34. The smallest absolute Gasteiger partial charge is 0.265 e. The van der Waals surface area contributed by atoms with Crippen LogP contribution in [0.1, 0.15) is 17.3 Å². The molecule has 7 nitrogen and oxygen atoms in total. The van der Waals surface area contributed by atoms with Crippen molar-refractivity contribution in [1.82, 2.24) is 5.32 Å². The van der Waals surface area contributed by atoms with Crippen LogP contribution >= 0.6 is 0 Å². The van der Waals surface area contributed by atoms with Gasteiger partial charge in [-0.15, -0.1) is 0 Å². The van der Waals surface area contributed by atoms with Crippen molar-refractivity contribution in [3.8, 4) is 5.75 Å². The molecular formula is C21H21N3O4. The van der Waals surface area contributed by atoms with Gasteiger partial charge in [0.2, 0.25) is 5.91 Å². The lowest BCUT2D eigenvalue weighted by Crippen LogP contribution is -2.39. The molecule has 3 amide bonds. The molecule has 2 aromatic rings. The van der Waals surface area contributed by atoms with Gasteiger partial charge in [0, 0.05) is 23.9 Å². The number of fused-ring (bicyclic) bond motifs is 1. The highest BCUT2D eigenvalue weighted by molar-refractivity contribution is 6.01. The van der Waals surface area contributed by atoms with E-state index in [9.17, 15) is 14.4 Å². The third-order valence-electron chi connectivity index (χ3n) is 4.06. The van der Waals surface area contributed by atoms with Crippen LogP contribution in [0.3, 0.4) is 0 Å². The van der Waals surface area contributed by atoms with Crippen LogP contribution in [0.5, 0.6) is 5.75 Å². The standard InChI is InChI=1S/C21H21N3O4/c1-14(2)12-24-17-9-8-16(10-18(17)28-13-20(24)26)23-19(25)11-22-21(27)15-6-4-3-5-7-15/h3-10H,1,11-13H2,2H3,(H,22,27)(H,23,25). The number of nitrogens with zero attached hydrogens (tertiary/aromatic N) is 1. The van der Waals surface area contributed by atoms with Crippen LogP contribution in [-0.4, -0.2) is 37.4 Å². The zero-order valence-electron chi connectivity index (χ0n) is 15.5. The minimum Gasteiger partial charge on any atom is -0.481 e. The Morgan fingerprint density at radius 2 is 1.93 bits per heavy atom. The highest BCUT2D eigenvalue weighted by atomic mass is 16.5. The van der Waals surface area contributed by atoms with Crippen LogP contribution in [0.2, 0.25) is 0 Å². The molecule has 7 heteroatoms. The van der Waals surface area contributed by atoms with E-state index < -0.39 is 0 Å². The SMILES string of the molecule is C=C(C)CN1C(=O)COc2cc(NC(=O)CNC(=O)c3ccccc3)ccc21. The van der Waals surface area contributed by atoms with Gasteiger partial charge in [-0.2, -0.15) is 0 Å². The van der Waals surface area contributed by atoms with E-state index in [1.807, 2.05) is 13.0 Å². The number of amides is 3. The molecule has 0 fully saturated rings. The number of carbonyl (C=O) groups is 3. The summed E-state index contributed by atoms with van der Waals surface area (Å²) in [5.74, 6) is -0.323. The van der Waals surface area contributed by atoms with Crippen LogP contribution in [0, 0.1) is 0 Å². The lowest BCUT2D eigenvalue weighted by molar-refractivity contribution is -0.121. The minimum atomic E-state index is -0.366. The van der Waals surface area contributed by atoms with Gasteiger partial charge in [0.15, 0.2) is 6.61 Å². The van der Waals surface area contributed by atoms with Crippen molar-refractivity contribution in [1.29, 1.82) is 0 Å². The van der Waals surface area contributed by atoms with Crippen LogP contribution < -0.4 is 20.3 Å². The fraction of sp³-hybridized carbons (Fsp3) is 0.190. The fourth-order valence-corrected chi connectivity index (χ4v) is 2.78. The van der Waals surface area contributed by atoms with Crippen LogP contribution in [0.15, 0.2) is 60.7 Å². The maximum absolute atomic E-state index is 12.1. The van der Waals surface area contributed by atoms with Crippen molar-refractivity contribution < 1.29 is 19.1 Å². The first-order chi connectivity index (χ1) is 13.4. The monoisotopic (exact) mass is 379 g/mol. The molecule has 28 heavy (non-hydrogen) atoms. The lowest BCUT2D eigenvalue weighted by atomic mass is 10.2. The molecular weight excluding hydrogens is 358 g/mol. The van der Waals surface area contributed by atoms with Gasteiger partial charge in [0.25, 0.3) is 11.8 Å². The summed E-state index contributed by atoms with van der Waals surface area (Å²) in [5.41, 5.74) is 2.49. The maximum atomic E-state index is 12.1. The molecule has 144 valence electrons. The van der Waals surface area contributed by atoms with Crippen LogP contribution in [0.4, 0.5) is 11.4 Å². The van der Waals surface area contributed by atoms with E-state index in [4.69, 9.17) is 4.74 Å². The quantitative estimate of drug-likeness (QED) is 0.755. The Morgan fingerprint density at radius 3 is 2.64 bits per heavy atom. The molecule has 0 spiro atoms. The predicted molar refractivity (Wildman–Crippen MR) is 107 cm³/mol. The molecule has 0 aliphatic carbocycles. The lowest BCUT2D eigenvalue weighted by Gasteiger charge is -2.29. The van der Waals surface area contributed by atoms with Gasteiger partial charge in [-0.1, -0.05) is 30.4 Å². The second-order valence-electron chi connectivity index (χ2n) is 6.51. The summed E-state index contributed by atoms with van der Waals surface area (Å²) in [5, 5.41) is 5.28. The second-order valence-corrected chi connectivity index (χ2v) is 6.51. The summed E-state index contributed by atoms with van der Waals surface area (Å²) in [6.45, 7) is 5.88. The molecule has 0 unspecified atom stereocenters. The summed E-state index contributed by atoms with van der Waals surface area (Å²) in [6, 6.07) is 13.7. The molecule has 3 rings (SSSR count). The zero-order chi connectivity index (χ0) is 20.1. The largest absolute Gasteiger partial charge is 0.481 e. The molecule has 1 heterocycles. The Labute approximate surface area is 163 Å². The molecule has 2 N–H and O–H groups in total. The summed E-state index contributed by atoms with van der Waals surface area (Å²) >= 11 is 0. The number of anilines is 2. The number of hydrogen-bond donors (Lipinski definition) is 2. The number of hydrogen-bond acceptors (Lipinski definition) is 4. The highest BCUT2D eigenvalue weighted by Gasteiger charge is 2.25.